The molecule has 0 bridgehead atoms. The largest absolute Gasteiger partial charge is 0.397 e. The van der Waals surface area contributed by atoms with Crippen LogP contribution in [-0.2, 0) is 6.42 Å². The van der Waals surface area contributed by atoms with Crippen LogP contribution in [0.5, 0.6) is 0 Å². The lowest BCUT2D eigenvalue weighted by Gasteiger charge is -1.98. The number of fused-ring (bicyclic) bond motifs is 1. The number of hydrogen-bond acceptors (Lipinski definition) is 2. The molecule has 0 aliphatic heterocycles. The Kier molecular flexibility index (Phi) is 1.46. The van der Waals surface area contributed by atoms with Crippen molar-refractivity contribution in [1.82, 2.24) is 4.98 Å². The van der Waals surface area contributed by atoms with Gasteiger partial charge in [0.2, 0.25) is 0 Å². The van der Waals surface area contributed by atoms with Crippen LogP contribution >= 0.6 is 15.9 Å². The molecule has 0 amide bonds. The van der Waals surface area contributed by atoms with Crippen LogP contribution in [0.4, 0.5) is 0 Å². The molecular weight excluding hydrogens is 204 g/mol. The van der Waals surface area contributed by atoms with Crippen molar-refractivity contribution in [2.24, 2.45) is 5.73 Å². The molecule has 1 aliphatic rings. The summed E-state index contributed by atoms with van der Waals surface area (Å²) in [5.74, 6) is 0. The molecule has 1 aliphatic carbocycles. The van der Waals surface area contributed by atoms with E-state index >= 15 is 0 Å². The Hall–Kier alpha value is -0.830. The van der Waals surface area contributed by atoms with Gasteiger partial charge in [0, 0.05) is 10.7 Å². The first-order valence-corrected chi connectivity index (χ1v) is 4.17. The molecule has 0 saturated carbocycles. The number of nitrogens with two attached hydrogens (primary N) is 1. The minimum atomic E-state index is 0.799. The van der Waals surface area contributed by atoms with E-state index in [-0.39, 0.29) is 0 Å². The van der Waals surface area contributed by atoms with Gasteiger partial charge in [-0.3, -0.25) is 4.98 Å². The monoisotopic (exact) mass is 210 g/mol. The van der Waals surface area contributed by atoms with Gasteiger partial charge >= 0.3 is 0 Å². The Morgan fingerprint density at radius 2 is 2.36 bits per heavy atom. The zero-order chi connectivity index (χ0) is 7.84. The Balaban J connectivity index is 2.58. The summed E-state index contributed by atoms with van der Waals surface area (Å²) in [5.41, 5.74) is 8.62. The molecule has 3 heteroatoms. The summed E-state index contributed by atoms with van der Waals surface area (Å²) in [6.07, 6.45) is 4.67. The first kappa shape index (κ1) is 6.85. The van der Waals surface area contributed by atoms with Gasteiger partial charge in [0.15, 0.2) is 0 Å². The van der Waals surface area contributed by atoms with Crippen molar-refractivity contribution in [1.29, 1.82) is 0 Å². The fourth-order valence-corrected chi connectivity index (χ4v) is 1.59. The smallest absolute Gasteiger partial charge is 0.0891 e. The van der Waals surface area contributed by atoms with Crippen molar-refractivity contribution in [3.8, 4) is 0 Å². The Labute approximate surface area is 73.3 Å². The average molecular weight is 211 g/mol. The Morgan fingerprint density at radius 1 is 1.55 bits per heavy atom. The summed E-state index contributed by atoms with van der Waals surface area (Å²) in [6.45, 7) is 0. The van der Waals surface area contributed by atoms with E-state index < -0.39 is 0 Å². The highest BCUT2D eigenvalue weighted by Gasteiger charge is 2.11. The lowest BCUT2D eigenvalue weighted by molar-refractivity contribution is 1.19. The van der Waals surface area contributed by atoms with Crippen LogP contribution in [0.3, 0.4) is 0 Å². The van der Waals surface area contributed by atoms with Gasteiger partial charge in [-0.1, -0.05) is 6.08 Å². The van der Waals surface area contributed by atoms with Crippen molar-refractivity contribution in [3.63, 3.8) is 0 Å². The molecule has 0 radical (unpaired) electrons. The van der Waals surface area contributed by atoms with Crippen molar-refractivity contribution < 1.29 is 0 Å². The number of nitrogens with zero attached hydrogens (tertiary/aromatic N) is 1. The summed E-state index contributed by atoms with van der Waals surface area (Å²) in [6, 6.07) is 2.05. The van der Waals surface area contributed by atoms with E-state index in [0.717, 1.165) is 22.3 Å². The van der Waals surface area contributed by atoms with E-state index in [1.165, 1.54) is 5.56 Å². The molecule has 0 unspecified atom stereocenters. The second-order valence-electron chi connectivity index (χ2n) is 2.52. The molecule has 0 atom stereocenters. The molecule has 11 heavy (non-hydrogen) atoms. The zero-order valence-electron chi connectivity index (χ0n) is 5.84. The topological polar surface area (TPSA) is 38.9 Å². The maximum Gasteiger partial charge on any atom is 0.0891 e. The normalized spacial score (nSPS) is 14.5. The first-order valence-electron chi connectivity index (χ1n) is 3.38. The lowest BCUT2D eigenvalue weighted by Crippen LogP contribution is -1.96. The summed E-state index contributed by atoms with van der Waals surface area (Å²) < 4.78 is 1.01. The summed E-state index contributed by atoms with van der Waals surface area (Å²) in [5, 5.41) is 0. The van der Waals surface area contributed by atoms with Gasteiger partial charge in [-0.2, -0.15) is 0 Å². The predicted molar refractivity (Wildman–Crippen MR) is 47.8 cm³/mol. The van der Waals surface area contributed by atoms with Crippen LogP contribution < -0.4 is 5.73 Å². The van der Waals surface area contributed by atoms with Crippen molar-refractivity contribution in [3.05, 3.63) is 34.1 Å². The third-order valence-electron chi connectivity index (χ3n) is 1.75. The van der Waals surface area contributed by atoms with E-state index in [4.69, 9.17) is 5.73 Å². The summed E-state index contributed by atoms with van der Waals surface area (Å²) in [7, 11) is 0. The quantitative estimate of drug-likeness (QED) is 0.709. The molecule has 1 heterocycles. The standard InChI is InChI=1S/C8H7BrN2/c9-6-3-5-1-2-7(10)8(5)11-4-6/h2-4H,1,10H2. The van der Waals surface area contributed by atoms with Gasteiger partial charge in [0.05, 0.1) is 11.4 Å². The number of allylic oxidation sites excluding steroid dienone is 1. The highest BCUT2D eigenvalue weighted by Crippen LogP contribution is 2.23. The molecule has 0 aromatic carbocycles. The van der Waals surface area contributed by atoms with Crippen molar-refractivity contribution >= 4 is 21.6 Å². The molecule has 2 nitrogen and oxygen atoms in total. The molecule has 0 fully saturated rings. The van der Waals surface area contributed by atoms with Gasteiger partial charge in [0.1, 0.15) is 0 Å². The Morgan fingerprint density at radius 3 is 3.18 bits per heavy atom. The van der Waals surface area contributed by atoms with Gasteiger partial charge < -0.3 is 5.73 Å². The lowest BCUT2D eigenvalue weighted by atomic mass is 10.2. The third kappa shape index (κ3) is 1.05. The molecule has 0 spiro atoms. The van der Waals surface area contributed by atoms with E-state index in [0.29, 0.717) is 0 Å². The van der Waals surface area contributed by atoms with Crippen LogP contribution in [0.15, 0.2) is 22.8 Å². The second-order valence-corrected chi connectivity index (χ2v) is 3.44. The molecule has 2 N–H and O–H groups in total. The van der Waals surface area contributed by atoms with Gasteiger partial charge in [-0.15, -0.1) is 0 Å². The number of hydrogen-bond donors (Lipinski definition) is 1. The van der Waals surface area contributed by atoms with Gasteiger partial charge in [0.25, 0.3) is 0 Å². The minimum absolute atomic E-state index is 0.799. The molecule has 1 aromatic rings. The van der Waals surface area contributed by atoms with E-state index in [1.54, 1.807) is 6.20 Å². The van der Waals surface area contributed by atoms with Crippen LogP contribution in [0.1, 0.15) is 11.3 Å². The fraction of sp³-hybridized carbons (Fsp3) is 0.125. The van der Waals surface area contributed by atoms with E-state index in [9.17, 15) is 0 Å². The van der Waals surface area contributed by atoms with Gasteiger partial charge in [-0.25, -0.2) is 0 Å². The predicted octanol–water partition coefficient (Wildman–Crippen LogP) is 1.70. The zero-order valence-corrected chi connectivity index (χ0v) is 7.43. The van der Waals surface area contributed by atoms with E-state index in [1.807, 2.05) is 6.08 Å². The molecule has 1 aromatic heterocycles. The minimum Gasteiger partial charge on any atom is -0.397 e. The van der Waals surface area contributed by atoms with Crippen LogP contribution in [-0.4, -0.2) is 4.98 Å². The SMILES string of the molecule is NC1=CCc2cc(Br)cnc21. The maximum absolute atomic E-state index is 5.68. The van der Waals surface area contributed by atoms with Crippen LogP contribution in [0.2, 0.25) is 0 Å². The third-order valence-corrected chi connectivity index (χ3v) is 2.18. The Bertz CT molecular complexity index is 331. The highest BCUT2D eigenvalue weighted by molar-refractivity contribution is 9.10. The molecule has 0 saturated heterocycles. The maximum atomic E-state index is 5.68. The second kappa shape index (κ2) is 2.34. The first-order chi connectivity index (χ1) is 5.27. The molecular formula is C8H7BrN2. The number of halogens is 1. The van der Waals surface area contributed by atoms with E-state index in [2.05, 4.69) is 27.0 Å². The molecule has 56 valence electrons. The summed E-state index contributed by atoms with van der Waals surface area (Å²) in [4.78, 5) is 4.20. The van der Waals surface area contributed by atoms with Crippen LogP contribution in [0, 0.1) is 0 Å². The number of rotatable bonds is 0. The summed E-state index contributed by atoms with van der Waals surface area (Å²) >= 11 is 3.36. The number of pyridine rings is 1. The average Bonchev–Trinajstić information content (AvgIpc) is 2.32. The van der Waals surface area contributed by atoms with Crippen molar-refractivity contribution in [2.75, 3.05) is 0 Å². The number of aromatic nitrogens is 1. The fourth-order valence-electron chi connectivity index (χ4n) is 1.21. The van der Waals surface area contributed by atoms with Gasteiger partial charge in [-0.05, 0) is 34.0 Å². The highest BCUT2D eigenvalue weighted by atomic mass is 79.9. The molecule has 2 rings (SSSR count). The van der Waals surface area contributed by atoms with Crippen LogP contribution in [0.25, 0.3) is 5.70 Å². The van der Waals surface area contributed by atoms with Crippen molar-refractivity contribution in [2.45, 2.75) is 6.42 Å².